The summed E-state index contributed by atoms with van der Waals surface area (Å²) in [5, 5.41) is 3.36. The fraction of sp³-hybridized carbons (Fsp3) is 0.600. The molecule has 110 valence electrons. The van der Waals surface area contributed by atoms with Crippen molar-refractivity contribution >= 4 is 5.69 Å². The van der Waals surface area contributed by atoms with Gasteiger partial charge in [0, 0.05) is 51.5 Å². The van der Waals surface area contributed by atoms with Gasteiger partial charge in [0.2, 0.25) is 0 Å². The van der Waals surface area contributed by atoms with Gasteiger partial charge in [-0.2, -0.15) is 0 Å². The van der Waals surface area contributed by atoms with E-state index in [2.05, 4.69) is 15.1 Å². The SMILES string of the molecule is Fc1ccc(CN2CCNCC2)c(N2CCOCC2)c1. The lowest BCUT2D eigenvalue weighted by Gasteiger charge is -2.33. The topological polar surface area (TPSA) is 27.7 Å². The summed E-state index contributed by atoms with van der Waals surface area (Å²) >= 11 is 0. The molecule has 0 amide bonds. The summed E-state index contributed by atoms with van der Waals surface area (Å²) in [5.41, 5.74) is 2.25. The van der Waals surface area contributed by atoms with Gasteiger partial charge in [-0.1, -0.05) is 6.07 Å². The smallest absolute Gasteiger partial charge is 0.125 e. The summed E-state index contributed by atoms with van der Waals surface area (Å²) in [5.74, 6) is -0.157. The molecule has 1 aromatic rings. The summed E-state index contributed by atoms with van der Waals surface area (Å²) in [6.45, 7) is 8.22. The van der Waals surface area contributed by atoms with Crippen LogP contribution in [0.1, 0.15) is 5.56 Å². The first kappa shape index (κ1) is 13.8. The van der Waals surface area contributed by atoms with Crippen LogP contribution >= 0.6 is 0 Å². The first-order valence-electron chi connectivity index (χ1n) is 7.37. The molecule has 1 N–H and O–H groups in total. The van der Waals surface area contributed by atoms with Crippen molar-refractivity contribution in [2.24, 2.45) is 0 Å². The van der Waals surface area contributed by atoms with Gasteiger partial charge < -0.3 is 15.0 Å². The highest BCUT2D eigenvalue weighted by atomic mass is 19.1. The monoisotopic (exact) mass is 279 g/mol. The molecule has 2 heterocycles. The Kier molecular flexibility index (Phi) is 4.50. The van der Waals surface area contributed by atoms with Crippen LogP contribution in [0.5, 0.6) is 0 Å². The molecule has 0 aliphatic carbocycles. The highest BCUT2D eigenvalue weighted by molar-refractivity contribution is 5.54. The van der Waals surface area contributed by atoms with Gasteiger partial charge in [0.05, 0.1) is 13.2 Å². The number of ether oxygens (including phenoxy) is 1. The Morgan fingerprint density at radius 3 is 2.60 bits per heavy atom. The number of rotatable bonds is 3. The van der Waals surface area contributed by atoms with Crippen molar-refractivity contribution < 1.29 is 9.13 Å². The van der Waals surface area contributed by atoms with E-state index < -0.39 is 0 Å². The predicted molar refractivity (Wildman–Crippen MR) is 77.6 cm³/mol. The molecule has 2 aliphatic heterocycles. The Labute approximate surface area is 119 Å². The minimum atomic E-state index is -0.157. The molecule has 2 saturated heterocycles. The standard InChI is InChI=1S/C15H22FN3O/c16-14-2-1-13(12-18-5-3-17-4-6-18)15(11-14)19-7-9-20-10-8-19/h1-2,11,17H,3-10,12H2. The van der Waals surface area contributed by atoms with Crippen molar-refractivity contribution in [2.45, 2.75) is 6.54 Å². The molecular formula is C15H22FN3O. The number of piperazine rings is 1. The van der Waals surface area contributed by atoms with E-state index in [9.17, 15) is 4.39 Å². The van der Waals surface area contributed by atoms with Gasteiger partial charge >= 0.3 is 0 Å². The fourth-order valence-corrected chi connectivity index (χ4v) is 2.88. The van der Waals surface area contributed by atoms with Crippen molar-refractivity contribution in [1.82, 2.24) is 10.2 Å². The summed E-state index contributed by atoms with van der Waals surface area (Å²) in [6, 6.07) is 5.17. The Morgan fingerprint density at radius 1 is 1.10 bits per heavy atom. The lowest BCUT2D eigenvalue weighted by atomic mass is 10.1. The summed E-state index contributed by atoms with van der Waals surface area (Å²) in [6.07, 6.45) is 0. The van der Waals surface area contributed by atoms with Crippen molar-refractivity contribution in [2.75, 3.05) is 57.4 Å². The summed E-state index contributed by atoms with van der Waals surface area (Å²) in [7, 11) is 0. The third-order valence-electron chi connectivity index (χ3n) is 4.00. The number of nitrogens with zero attached hydrogens (tertiary/aromatic N) is 2. The molecule has 5 heteroatoms. The molecule has 0 atom stereocenters. The molecule has 20 heavy (non-hydrogen) atoms. The second kappa shape index (κ2) is 6.52. The first-order chi connectivity index (χ1) is 9.83. The number of anilines is 1. The highest BCUT2D eigenvalue weighted by Crippen LogP contribution is 2.24. The molecule has 3 rings (SSSR count). The van der Waals surface area contributed by atoms with E-state index in [0.29, 0.717) is 0 Å². The lowest BCUT2D eigenvalue weighted by Crippen LogP contribution is -2.43. The molecule has 2 fully saturated rings. The van der Waals surface area contributed by atoms with E-state index in [-0.39, 0.29) is 5.82 Å². The van der Waals surface area contributed by atoms with E-state index in [0.717, 1.165) is 64.7 Å². The van der Waals surface area contributed by atoms with Crippen LogP contribution in [-0.2, 0) is 11.3 Å². The number of benzene rings is 1. The zero-order valence-corrected chi connectivity index (χ0v) is 11.8. The zero-order chi connectivity index (χ0) is 13.8. The van der Waals surface area contributed by atoms with Crippen LogP contribution in [0, 0.1) is 5.82 Å². The average Bonchev–Trinajstić information content (AvgIpc) is 2.51. The van der Waals surface area contributed by atoms with E-state index in [1.54, 1.807) is 12.1 Å². The molecule has 0 spiro atoms. The van der Waals surface area contributed by atoms with Gasteiger partial charge in [-0.3, -0.25) is 4.90 Å². The maximum atomic E-state index is 13.6. The number of hydrogen-bond donors (Lipinski definition) is 1. The van der Waals surface area contributed by atoms with E-state index in [1.807, 2.05) is 6.07 Å². The van der Waals surface area contributed by atoms with E-state index in [4.69, 9.17) is 4.74 Å². The second-order valence-electron chi connectivity index (χ2n) is 5.40. The first-order valence-corrected chi connectivity index (χ1v) is 7.37. The van der Waals surface area contributed by atoms with Gasteiger partial charge in [-0.05, 0) is 17.7 Å². The number of halogens is 1. The van der Waals surface area contributed by atoms with E-state index >= 15 is 0 Å². The summed E-state index contributed by atoms with van der Waals surface area (Å²) in [4.78, 5) is 4.66. The molecular weight excluding hydrogens is 257 g/mol. The van der Waals surface area contributed by atoms with Crippen LogP contribution in [0.15, 0.2) is 18.2 Å². The number of nitrogens with one attached hydrogen (secondary N) is 1. The van der Waals surface area contributed by atoms with Crippen LogP contribution in [0.3, 0.4) is 0 Å². The van der Waals surface area contributed by atoms with Gasteiger partial charge in [0.25, 0.3) is 0 Å². The zero-order valence-electron chi connectivity index (χ0n) is 11.8. The van der Waals surface area contributed by atoms with Gasteiger partial charge in [0.15, 0.2) is 0 Å². The molecule has 0 bridgehead atoms. The Morgan fingerprint density at radius 2 is 1.85 bits per heavy atom. The second-order valence-corrected chi connectivity index (χ2v) is 5.40. The van der Waals surface area contributed by atoms with Crippen LogP contribution in [0.25, 0.3) is 0 Å². The molecule has 1 aromatic carbocycles. The van der Waals surface area contributed by atoms with Crippen LogP contribution in [0.2, 0.25) is 0 Å². The molecule has 0 aromatic heterocycles. The van der Waals surface area contributed by atoms with Gasteiger partial charge in [0.1, 0.15) is 5.82 Å². The molecule has 0 radical (unpaired) electrons. The minimum Gasteiger partial charge on any atom is -0.378 e. The van der Waals surface area contributed by atoms with Crippen LogP contribution in [0.4, 0.5) is 10.1 Å². The van der Waals surface area contributed by atoms with Gasteiger partial charge in [-0.15, -0.1) is 0 Å². The van der Waals surface area contributed by atoms with Crippen molar-refractivity contribution in [1.29, 1.82) is 0 Å². The van der Waals surface area contributed by atoms with Crippen molar-refractivity contribution in [3.8, 4) is 0 Å². The Balaban J connectivity index is 1.77. The quantitative estimate of drug-likeness (QED) is 0.896. The van der Waals surface area contributed by atoms with Crippen molar-refractivity contribution in [3.63, 3.8) is 0 Å². The highest BCUT2D eigenvalue weighted by Gasteiger charge is 2.18. The fourth-order valence-electron chi connectivity index (χ4n) is 2.88. The molecule has 2 aliphatic rings. The third-order valence-corrected chi connectivity index (χ3v) is 4.00. The maximum Gasteiger partial charge on any atom is 0.125 e. The minimum absolute atomic E-state index is 0.157. The van der Waals surface area contributed by atoms with Crippen molar-refractivity contribution in [3.05, 3.63) is 29.6 Å². The number of hydrogen-bond acceptors (Lipinski definition) is 4. The largest absolute Gasteiger partial charge is 0.378 e. The number of morpholine rings is 1. The molecule has 0 saturated carbocycles. The van der Waals surface area contributed by atoms with Gasteiger partial charge in [-0.25, -0.2) is 4.39 Å². The predicted octanol–water partition coefficient (Wildman–Crippen LogP) is 1.07. The third kappa shape index (κ3) is 3.29. The Bertz CT molecular complexity index is 443. The summed E-state index contributed by atoms with van der Waals surface area (Å²) < 4.78 is 19.0. The lowest BCUT2D eigenvalue weighted by molar-refractivity contribution is 0.122. The maximum absolute atomic E-state index is 13.6. The Hall–Kier alpha value is -1.17. The van der Waals surface area contributed by atoms with Crippen LogP contribution < -0.4 is 10.2 Å². The van der Waals surface area contributed by atoms with Crippen LogP contribution in [-0.4, -0.2) is 57.4 Å². The average molecular weight is 279 g/mol. The van der Waals surface area contributed by atoms with E-state index in [1.165, 1.54) is 5.56 Å². The normalized spacial score (nSPS) is 21.1. The molecule has 0 unspecified atom stereocenters. The molecule has 4 nitrogen and oxygen atoms in total.